The highest BCUT2D eigenvalue weighted by Crippen LogP contribution is 2.06. The highest BCUT2D eigenvalue weighted by Gasteiger charge is 2.27. The standard InChI is InChI=1S/C10H20N2O2/c1-4-14-8-10(13)9-7-11(2)5-6-12(9)3/h9H,4-8H2,1-3H3. The third-order valence-electron chi connectivity index (χ3n) is 2.67. The van der Waals surface area contributed by atoms with Gasteiger partial charge in [-0.2, -0.15) is 0 Å². The van der Waals surface area contributed by atoms with Crippen LogP contribution in [0.5, 0.6) is 0 Å². The van der Waals surface area contributed by atoms with E-state index < -0.39 is 0 Å². The Morgan fingerprint density at radius 1 is 1.43 bits per heavy atom. The average Bonchev–Trinajstić information content (AvgIpc) is 2.18. The fraction of sp³-hybridized carbons (Fsp3) is 0.900. The van der Waals surface area contributed by atoms with Gasteiger partial charge in [0, 0.05) is 26.2 Å². The number of hydrogen-bond acceptors (Lipinski definition) is 4. The van der Waals surface area contributed by atoms with Gasteiger partial charge >= 0.3 is 0 Å². The van der Waals surface area contributed by atoms with Crippen LogP contribution in [-0.4, -0.2) is 68.6 Å². The van der Waals surface area contributed by atoms with Crippen LogP contribution in [0, 0.1) is 0 Å². The summed E-state index contributed by atoms with van der Waals surface area (Å²) in [6, 6.07) is 0.0142. The van der Waals surface area contributed by atoms with Crippen molar-refractivity contribution in [2.75, 3.05) is 46.9 Å². The van der Waals surface area contributed by atoms with Gasteiger partial charge in [-0.25, -0.2) is 0 Å². The van der Waals surface area contributed by atoms with Gasteiger partial charge in [-0.3, -0.25) is 9.69 Å². The number of carbonyl (C=O) groups is 1. The molecule has 0 N–H and O–H groups in total. The van der Waals surface area contributed by atoms with Crippen molar-refractivity contribution < 1.29 is 9.53 Å². The van der Waals surface area contributed by atoms with Crippen LogP contribution in [0.3, 0.4) is 0 Å². The molecular formula is C10H20N2O2. The monoisotopic (exact) mass is 200 g/mol. The zero-order valence-electron chi connectivity index (χ0n) is 9.32. The lowest BCUT2D eigenvalue weighted by molar-refractivity contribution is -0.130. The van der Waals surface area contributed by atoms with Crippen LogP contribution in [0.15, 0.2) is 0 Å². The molecule has 0 spiro atoms. The van der Waals surface area contributed by atoms with Crippen molar-refractivity contribution in [3.05, 3.63) is 0 Å². The highest BCUT2D eigenvalue weighted by molar-refractivity contribution is 5.85. The maximum absolute atomic E-state index is 11.7. The van der Waals surface area contributed by atoms with Crippen LogP contribution in [0.1, 0.15) is 6.92 Å². The molecule has 0 aliphatic carbocycles. The maximum atomic E-state index is 11.7. The predicted molar refractivity (Wildman–Crippen MR) is 55.4 cm³/mol. The van der Waals surface area contributed by atoms with Gasteiger partial charge in [0.2, 0.25) is 0 Å². The molecule has 1 rings (SSSR count). The predicted octanol–water partition coefficient (Wildman–Crippen LogP) is -0.162. The van der Waals surface area contributed by atoms with Crippen LogP contribution < -0.4 is 0 Å². The van der Waals surface area contributed by atoms with Crippen molar-refractivity contribution in [1.29, 1.82) is 0 Å². The minimum Gasteiger partial charge on any atom is -0.374 e. The molecule has 1 aliphatic heterocycles. The number of piperazine rings is 1. The molecule has 4 nitrogen and oxygen atoms in total. The molecule has 1 saturated heterocycles. The molecule has 82 valence electrons. The summed E-state index contributed by atoms with van der Waals surface area (Å²) in [7, 11) is 4.05. The number of nitrogens with zero attached hydrogens (tertiary/aromatic N) is 2. The summed E-state index contributed by atoms with van der Waals surface area (Å²) < 4.78 is 5.14. The van der Waals surface area contributed by atoms with Crippen molar-refractivity contribution in [1.82, 2.24) is 9.80 Å². The Bertz CT molecular complexity index is 197. The van der Waals surface area contributed by atoms with Crippen molar-refractivity contribution >= 4 is 5.78 Å². The Balaban J connectivity index is 2.43. The molecule has 1 aliphatic rings. The molecular weight excluding hydrogens is 180 g/mol. The topological polar surface area (TPSA) is 32.8 Å². The number of ketones is 1. The fourth-order valence-corrected chi connectivity index (χ4v) is 1.66. The normalized spacial score (nSPS) is 25.2. The minimum absolute atomic E-state index is 0.0142. The van der Waals surface area contributed by atoms with E-state index in [1.54, 1.807) is 0 Å². The van der Waals surface area contributed by atoms with Crippen LogP contribution in [0.4, 0.5) is 0 Å². The molecule has 14 heavy (non-hydrogen) atoms. The van der Waals surface area contributed by atoms with E-state index >= 15 is 0 Å². The third kappa shape index (κ3) is 3.04. The van der Waals surface area contributed by atoms with Gasteiger partial charge < -0.3 is 9.64 Å². The molecule has 1 heterocycles. The van der Waals surface area contributed by atoms with Gasteiger partial charge in [0.15, 0.2) is 5.78 Å². The molecule has 1 atom stereocenters. The Kier molecular flexibility index (Phi) is 4.51. The zero-order valence-corrected chi connectivity index (χ0v) is 9.32. The molecule has 0 aromatic heterocycles. The first-order chi connectivity index (χ1) is 6.65. The first kappa shape index (κ1) is 11.6. The van der Waals surface area contributed by atoms with Gasteiger partial charge in [0.05, 0.1) is 6.04 Å². The molecule has 0 saturated carbocycles. The molecule has 1 fully saturated rings. The highest BCUT2D eigenvalue weighted by atomic mass is 16.5. The summed E-state index contributed by atoms with van der Waals surface area (Å²) in [5.74, 6) is 0.195. The van der Waals surface area contributed by atoms with Gasteiger partial charge in [-0.15, -0.1) is 0 Å². The summed E-state index contributed by atoms with van der Waals surface area (Å²) >= 11 is 0. The van der Waals surface area contributed by atoms with E-state index in [2.05, 4.69) is 9.80 Å². The van der Waals surface area contributed by atoms with Crippen molar-refractivity contribution in [3.63, 3.8) is 0 Å². The first-order valence-electron chi connectivity index (χ1n) is 5.14. The first-order valence-corrected chi connectivity index (χ1v) is 5.14. The second kappa shape index (κ2) is 5.44. The lowest BCUT2D eigenvalue weighted by atomic mass is 10.1. The van der Waals surface area contributed by atoms with E-state index in [4.69, 9.17) is 4.74 Å². The van der Waals surface area contributed by atoms with E-state index in [-0.39, 0.29) is 18.4 Å². The minimum atomic E-state index is 0.0142. The summed E-state index contributed by atoms with van der Waals surface area (Å²) in [5.41, 5.74) is 0. The fourth-order valence-electron chi connectivity index (χ4n) is 1.66. The number of ether oxygens (including phenoxy) is 1. The van der Waals surface area contributed by atoms with Crippen molar-refractivity contribution in [2.24, 2.45) is 0 Å². The molecule has 0 radical (unpaired) electrons. The summed E-state index contributed by atoms with van der Waals surface area (Å²) in [5, 5.41) is 0. The maximum Gasteiger partial charge on any atom is 0.176 e. The van der Waals surface area contributed by atoms with Gasteiger partial charge in [0.1, 0.15) is 6.61 Å². The van der Waals surface area contributed by atoms with Gasteiger partial charge in [-0.1, -0.05) is 0 Å². The summed E-state index contributed by atoms with van der Waals surface area (Å²) in [6.45, 7) is 5.58. The van der Waals surface area contributed by atoms with E-state index in [1.807, 2.05) is 21.0 Å². The molecule has 0 bridgehead atoms. The summed E-state index contributed by atoms with van der Waals surface area (Å²) in [6.07, 6.45) is 0. The Labute approximate surface area is 85.8 Å². The molecule has 0 amide bonds. The smallest absolute Gasteiger partial charge is 0.176 e. The molecule has 0 aromatic carbocycles. The van der Waals surface area contributed by atoms with Crippen LogP contribution in [0.25, 0.3) is 0 Å². The quantitative estimate of drug-likeness (QED) is 0.631. The van der Waals surface area contributed by atoms with E-state index in [0.29, 0.717) is 6.61 Å². The third-order valence-corrected chi connectivity index (χ3v) is 2.67. The van der Waals surface area contributed by atoms with Gasteiger partial charge in [0.25, 0.3) is 0 Å². The molecule has 0 aromatic rings. The Morgan fingerprint density at radius 2 is 2.14 bits per heavy atom. The average molecular weight is 200 g/mol. The lowest BCUT2D eigenvalue weighted by Crippen LogP contribution is -2.54. The number of rotatable bonds is 4. The van der Waals surface area contributed by atoms with Crippen LogP contribution in [-0.2, 0) is 9.53 Å². The summed E-state index contributed by atoms with van der Waals surface area (Å²) in [4.78, 5) is 16.0. The lowest BCUT2D eigenvalue weighted by Gasteiger charge is -2.36. The van der Waals surface area contributed by atoms with E-state index in [1.165, 1.54) is 0 Å². The Morgan fingerprint density at radius 3 is 2.79 bits per heavy atom. The van der Waals surface area contributed by atoms with E-state index in [0.717, 1.165) is 19.6 Å². The van der Waals surface area contributed by atoms with Gasteiger partial charge in [-0.05, 0) is 21.0 Å². The SMILES string of the molecule is CCOCC(=O)C1CN(C)CCN1C. The number of likely N-dealkylation sites (N-methyl/N-ethyl adjacent to an activating group) is 2. The zero-order chi connectivity index (χ0) is 10.6. The van der Waals surface area contributed by atoms with Crippen LogP contribution >= 0.6 is 0 Å². The molecule has 4 heteroatoms. The second-order valence-corrected chi connectivity index (χ2v) is 3.86. The number of Topliss-reactive ketones (excluding diaryl/α,β-unsaturated/α-hetero) is 1. The number of carbonyl (C=O) groups excluding carboxylic acids is 1. The number of hydrogen-bond donors (Lipinski definition) is 0. The largest absolute Gasteiger partial charge is 0.374 e. The molecule has 1 unspecified atom stereocenters. The second-order valence-electron chi connectivity index (χ2n) is 3.86. The van der Waals surface area contributed by atoms with E-state index in [9.17, 15) is 4.79 Å². The van der Waals surface area contributed by atoms with Crippen molar-refractivity contribution in [2.45, 2.75) is 13.0 Å². The van der Waals surface area contributed by atoms with Crippen molar-refractivity contribution in [3.8, 4) is 0 Å². The van der Waals surface area contributed by atoms with Crippen LogP contribution in [0.2, 0.25) is 0 Å². The Hall–Kier alpha value is -0.450.